The summed E-state index contributed by atoms with van der Waals surface area (Å²) < 4.78 is 5.58. The molecule has 0 fully saturated rings. The maximum atomic E-state index is 8.88. The van der Waals surface area contributed by atoms with Gasteiger partial charge in [-0.2, -0.15) is 0 Å². The Morgan fingerprint density at radius 1 is 1.05 bits per heavy atom. The van der Waals surface area contributed by atoms with Crippen molar-refractivity contribution in [1.82, 2.24) is 10.2 Å². The quantitative estimate of drug-likeness (QED) is 0.865. The zero-order valence-corrected chi connectivity index (χ0v) is 11.0. The van der Waals surface area contributed by atoms with Gasteiger partial charge in [0, 0.05) is 6.07 Å². The Morgan fingerprint density at radius 3 is 2.42 bits per heavy atom. The van der Waals surface area contributed by atoms with Crippen molar-refractivity contribution in [2.24, 2.45) is 0 Å². The van der Waals surface area contributed by atoms with Crippen molar-refractivity contribution >= 4 is 0 Å². The lowest BCUT2D eigenvalue weighted by Crippen LogP contribution is -1.95. The Hall–Kier alpha value is -1.94. The van der Waals surface area contributed by atoms with Crippen molar-refractivity contribution in [3.63, 3.8) is 0 Å². The molecule has 19 heavy (non-hydrogen) atoms. The van der Waals surface area contributed by atoms with Gasteiger partial charge in [0.25, 0.3) is 0 Å². The van der Waals surface area contributed by atoms with Crippen LogP contribution >= 0.6 is 0 Å². The molecule has 100 valence electrons. The number of hydrogen-bond donors (Lipinski definition) is 1. The van der Waals surface area contributed by atoms with E-state index in [1.165, 1.54) is 18.4 Å². The maximum absolute atomic E-state index is 8.88. The number of nitrogens with zero attached hydrogens (tertiary/aromatic N) is 2. The van der Waals surface area contributed by atoms with Crippen LogP contribution in [0.2, 0.25) is 0 Å². The molecule has 1 N–H and O–H groups in total. The van der Waals surface area contributed by atoms with Gasteiger partial charge < -0.3 is 9.84 Å². The Morgan fingerprint density at radius 2 is 1.84 bits per heavy atom. The molecule has 0 amide bonds. The predicted molar refractivity (Wildman–Crippen MR) is 73.1 cm³/mol. The number of unbranched alkanes of at least 4 members (excludes halogenated alkanes) is 1. The molecule has 4 nitrogen and oxygen atoms in total. The molecule has 0 aliphatic carbocycles. The fourth-order valence-corrected chi connectivity index (χ4v) is 1.71. The third kappa shape index (κ3) is 4.03. The molecule has 4 heteroatoms. The zero-order chi connectivity index (χ0) is 13.5. The van der Waals surface area contributed by atoms with Crippen molar-refractivity contribution in [3.05, 3.63) is 47.7 Å². The largest absolute Gasteiger partial charge is 0.438 e. The van der Waals surface area contributed by atoms with Crippen molar-refractivity contribution < 1.29 is 9.84 Å². The first kappa shape index (κ1) is 13.5. The van der Waals surface area contributed by atoms with Gasteiger partial charge in [-0.25, -0.2) is 0 Å². The van der Waals surface area contributed by atoms with E-state index in [1.54, 1.807) is 12.1 Å². The van der Waals surface area contributed by atoms with Crippen LogP contribution in [0.5, 0.6) is 11.6 Å². The number of aryl methyl sites for hydroxylation is 1. The molecule has 0 aliphatic heterocycles. The number of hydrogen-bond acceptors (Lipinski definition) is 4. The molecule has 1 aromatic heterocycles. The maximum Gasteiger partial charge on any atom is 0.238 e. The van der Waals surface area contributed by atoms with Gasteiger partial charge in [-0.3, -0.25) is 0 Å². The third-order valence-electron chi connectivity index (χ3n) is 2.82. The average Bonchev–Trinajstić information content (AvgIpc) is 2.47. The summed E-state index contributed by atoms with van der Waals surface area (Å²) in [7, 11) is 0. The molecule has 2 aromatic rings. The van der Waals surface area contributed by atoms with Crippen molar-refractivity contribution in [2.45, 2.75) is 32.8 Å². The molecule has 1 aromatic carbocycles. The third-order valence-corrected chi connectivity index (χ3v) is 2.82. The van der Waals surface area contributed by atoms with Crippen LogP contribution in [0.25, 0.3) is 0 Å². The lowest BCUT2D eigenvalue weighted by Gasteiger charge is -2.05. The van der Waals surface area contributed by atoms with E-state index in [1.807, 2.05) is 12.1 Å². The van der Waals surface area contributed by atoms with E-state index in [-0.39, 0.29) is 6.61 Å². The van der Waals surface area contributed by atoms with Crippen LogP contribution in [0.4, 0.5) is 0 Å². The molecule has 0 bridgehead atoms. The highest BCUT2D eigenvalue weighted by atomic mass is 16.5. The monoisotopic (exact) mass is 258 g/mol. The molecule has 0 atom stereocenters. The van der Waals surface area contributed by atoms with E-state index in [0.717, 1.165) is 12.2 Å². The number of ether oxygens (including phenoxy) is 1. The molecule has 1 heterocycles. The molecule has 0 aliphatic rings. The second-order valence-electron chi connectivity index (χ2n) is 4.37. The Kier molecular flexibility index (Phi) is 4.86. The van der Waals surface area contributed by atoms with E-state index in [2.05, 4.69) is 29.3 Å². The molecule has 0 saturated carbocycles. The first-order valence-corrected chi connectivity index (χ1v) is 6.52. The van der Waals surface area contributed by atoms with Gasteiger partial charge >= 0.3 is 0 Å². The smallest absolute Gasteiger partial charge is 0.238 e. The topological polar surface area (TPSA) is 55.2 Å². The van der Waals surface area contributed by atoms with Gasteiger partial charge in [-0.15, -0.1) is 10.2 Å². The number of aromatic nitrogens is 2. The fourth-order valence-electron chi connectivity index (χ4n) is 1.71. The van der Waals surface area contributed by atoms with Gasteiger partial charge in [0.2, 0.25) is 5.88 Å². The van der Waals surface area contributed by atoms with E-state index in [9.17, 15) is 0 Å². The first-order chi connectivity index (χ1) is 9.31. The highest BCUT2D eigenvalue weighted by Gasteiger charge is 2.00. The minimum Gasteiger partial charge on any atom is -0.438 e. The molecule has 0 radical (unpaired) electrons. The number of rotatable bonds is 6. The van der Waals surface area contributed by atoms with Gasteiger partial charge in [0.05, 0.1) is 12.3 Å². The van der Waals surface area contributed by atoms with E-state index in [4.69, 9.17) is 9.84 Å². The zero-order valence-electron chi connectivity index (χ0n) is 11.0. The van der Waals surface area contributed by atoms with Gasteiger partial charge in [0.1, 0.15) is 5.75 Å². The predicted octanol–water partition coefficient (Wildman–Crippen LogP) is 3.10. The minimum absolute atomic E-state index is 0.112. The summed E-state index contributed by atoms with van der Waals surface area (Å²) in [4.78, 5) is 0. The van der Waals surface area contributed by atoms with Crippen LogP contribution in [-0.4, -0.2) is 15.3 Å². The van der Waals surface area contributed by atoms with Crippen molar-refractivity contribution in [1.29, 1.82) is 0 Å². The standard InChI is InChI=1S/C15H18N2O2/c1-2-3-4-12-5-8-14(9-6-12)19-15-10-7-13(11-18)16-17-15/h5-10,18H,2-4,11H2,1H3. The van der Waals surface area contributed by atoms with Crippen molar-refractivity contribution in [2.75, 3.05) is 0 Å². The Bertz CT molecular complexity index is 495. The van der Waals surface area contributed by atoms with Crippen LogP contribution in [-0.2, 0) is 13.0 Å². The van der Waals surface area contributed by atoms with E-state index >= 15 is 0 Å². The number of benzene rings is 1. The van der Waals surface area contributed by atoms with Gasteiger partial charge in [-0.05, 0) is 36.6 Å². The normalized spacial score (nSPS) is 10.4. The highest BCUT2D eigenvalue weighted by molar-refractivity contribution is 5.30. The number of aliphatic hydroxyl groups excluding tert-OH is 1. The van der Waals surface area contributed by atoms with Crippen LogP contribution < -0.4 is 4.74 Å². The lowest BCUT2D eigenvalue weighted by atomic mass is 10.1. The molecule has 2 rings (SSSR count). The van der Waals surface area contributed by atoms with E-state index < -0.39 is 0 Å². The fraction of sp³-hybridized carbons (Fsp3) is 0.333. The SMILES string of the molecule is CCCCc1ccc(Oc2ccc(CO)nn2)cc1. The summed E-state index contributed by atoms with van der Waals surface area (Å²) in [6.07, 6.45) is 3.50. The van der Waals surface area contributed by atoms with Crippen LogP contribution in [0.15, 0.2) is 36.4 Å². The van der Waals surface area contributed by atoms with Gasteiger partial charge in [0.15, 0.2) is 0 Å². The molecule has 0 unspecified atom stereocenters. The minimum atomic E-state index is -0.112. The van der Waals surface area contributed by atoms with Crippen LogP contribution in [0, 0.1) is 0 Å². The molecule has 0 saturated heterocycles. The summed E-state index contributed by atoms with van der Waals surface area (Å²) in [6, 6.07) is 11.4. The van der Waals surface area contributed by atoms with Gasteiger partial charge in [-0.1, -0.05) is 25.5 Å². The second kappa shape index (κ2) is 6.85. The Labute approximate surface area is 113 Å². The average molecular weight is 258 g/mol. The highest BCUT2D eigenvalue weighted by Crippen LogP contribution is 2.19. The van der Waals surface area contributed by atoms with Crippen LogP contribution in [0.3, 0.4) is 0 Å². The molecular weight excluding hydrogens is 240 g/mol. The molecule has 0 spiro atoms. The summed E-state index contributed by atoms with van der Waals surface area (Å²) >= 11 is 0. The lowest BCUT2D eigenvalue weighted by molar-refractivity contribution is 0.274. The first-order valence-electron chi connectivity index (χ1n) is 6.52. The van der Waals surface area contributed by atoms with E-state index in [0.29, 0.717) is 11.6 Å². The molecular formula is C15H18N2O2. The summed E-state index contributed by atoms with van der Waals surface area (Å²) in [5, 5.41) is 16.6. The van der Waals surface area contributed by atoms with Crippen molar-refractivity contribution in [3.8, 4) is 11.6 Å². The summed E-state index contributed by atoms with van der Waals surface area (Å²) in [5.74, 6) is 1.17. The second-order valence-corrected chi connectivity index (χ2v) is 4.37. The summed E-state index contributed by atoms with van der Waals surface area (Å²) in [6.45, 7) is 2.07. The Balaban J connectivity index is 1.98. The number of aliphatic hydroxyl groups is 1. The van der Waals surface area contributed by atoms with Crippen LogP contribution in [0.1, 0.15) is 31.0 Å². The summed E-state index contributed by atoms with van der Waals surface area (Å²) in [5.41, 5.74) is 1.85.